The highest BCUT2D eigenvalue weighted by molar-refractivity contribution is 5.59. The summed E-state index contributed by atoms with van der Waals surface area (Å²) in [7, 11) is 0. The van der Waals surface area contributed by atoms with Crippen LogP contribution < -0.4 is 0 Å². The zero-order chi connectivity index (χ0) is 12.3. The molecule has 0 saturated heterocycles. The van der Waals surface area contributed by atoms with Crippen molar-refractivity contribution in [3.63, 3.8) is 0 Å². The van der Waals surface area contributed by atoms with Gasteiger partial charge in [-0.3, -0.25) is 4.68 Å². The molecule has 1 N–H and O–H groups in total. The standard InChI is InChI=1S/C14H18N2O/c1-11(2)16-14(7-9-15-16)13-5-3-12(4-6-13)8-10-17/h3-7,9,11,17H,8,10H2,1-2H3. The van der Waals surface area contributed by atoms with Gasteiger partial charge in [-0.2, -0.15) is 5.10 Å². The maximum atomic E-state index is 8.88. The molecule has 1 heterocycles. The van der Waals surface area contributed by atoms with Crippen LogP contribution in [0.5, 0.6) is 0 Å². The van der Waals surface area contributed by atoms with Crippen molar-refractivity contribution >= 4 is 0 Å². The predicted molar refractivity (Wildman–Crippen MR) is 68.8 cm³/mol. The van der Waals surface area contributed by atoms with Gasteiger partial charge >= 0.3 is 0 Å². The average molecular weight is 230 g/mol. The highest BCUT2D eigenvalue weighted by Gasteiger charge is 2.07. The Hall–Kier alpha value is -1.61. The zero-order valence-corrected chi connectivity index (χ0v) is 10.3. The Balaban J connectivity index is 2.30. The Morgan fingerprint density at radius 2 is 1.88 bits per heavy atom. The topological polar surface area (TPSA) is 38.0 Å². The van der Waals surface area contributed by atoms with Crippen molar-refractivity contribution in [3.8, 4) is 11.3 Å². The van der Waals surface area contributed by atoms with Crippen molar-refractivity contribution in [2.24, 2.45) is 0 Å². The Morgan fingerprint density at radius 1 is 1.18 bits per heavy atom. The third-order valence-electron chi connectivity index (χ3n) is 2.81. The van der Waals surface area contributed by atoms with E-state index in [4.69, 9.17) is 5.11 Å². The summed E-state index contributed by atoms with van der Waals surface area (Å²) in [5.74, 6) is 0. The van der Waals surface area contributed by atoms with Crippen LogP contribution in [0.3, 0.4) is 0 Å². The molecule has 3 heteroatoms. The summed E-state index contributed by atoms with van der Waals surface area (Å²) in [5, 5.41) is 13.2. The molecule has 0 aliphatic rings. The van der Waals surface area contributed by atoms with Crippen LogP contribution in [-0.4, -0.2) is 21.5 Å². The molecule has 0 bridgehead atoms. The van der Waals surface area contributed by atoms with Gasteiger partial charge in [0, 0.05) is 18.8 Å². The van der Waals surface area contributed by atoms with E-state index < -0.39 is 0 Å². The first-order valence-electron chi connectivity index (χ1n) is 5.96. The number of rotatable bonds is 4. The van der Waals surface area contributed by atoms with Gasteiger partial charge in [0.15, 0.2) is 0 Å². The van der Waals surface area contributed by atoms with Crippen molar-refractivity contribution < 1.29 is 5.11 Å². The number of nitrogens with zero attached hydrogens (tertiary/aromatic N) is 2. The van der Waals surface area contributed by atoms with Crippen molar-refractivity contribution in [2.45, 2.75) is 26.3 Å². The van der Waals surface area contributed by atoms with Gasteiger partial charge < -0.3 is 5.11 Å². The Bertz CT molecular complexity index is 471. The minimum Gasteiger partial charge on any atom is -0.396 e. The predicted octanol–water partition coefficient (Wildman–Crippen LogP) is 2.67. The van der Waals surface area contributed by atoms with Gasteiger partial charge in [-0.05, 0) is 37.5 Å². The van der Waals surface area contributed by atoms with Crippen LogP contribution in [0.15, 0.2) is 36.5 Å². The van der Waals surface area contributed by atoms with Gasteiger partial charge in [0.1, 0.15) is 0 Å². The third-order valence-corrected chi connectivity index (χ3v) is 2.81. The van der Waals surface area contributed by atoms with Crippen molar-refractivity contribution in [3.05, 3.63) is 42.1 Å². The van der Waals surface area contributed by atoms with E-state index in [1.54, 1.807) is 0 Å². The van der Waals surface area contributed by atoms with E-state index in [2.05, 4.69) is 43.2 Å². The SMILES string of the molecule is CC(C)n1nccc1-c1ccc(CCO)cc1. The van der Waals surface area contributed by atoms with Crippen molar-refractivity contribution in [1.29, 1.82) is 0 Å². The number of hydrogen-bond acceptors (Lipinski definition) is 2. The highest BCUT2D eigenvalue weighted by atomic mass is 16.2. The lowest BCUT2D eigenvalue weighted by Gasteiger charge is -2.11. The second-order valence-corrected chi connectivity index (χ2v) is 4.43. The van der Waals surface area contributed by atoms with Crippen LogP contribution in [0.2, 0.25) is 0 Å². The summed E-state index contributed by atoms with van der Waals surface area (Å²) in [6.07, 6.45) is 2.54. The first-order valence-corrected chi connectivity index (χ1v) is 5.96. The Morgan fingerprint density at radius 3 is 2.47 bits per heavy atom. The molecule has 3 nitrogen and oxygen atoms in total. The second-order valence-electron chi connectivity index (χ2n) is 4.43. The largest absolute Gasteiger partial charge is 0.396 e. The summed E-state index contributed by atoms with van der Waals surface area (Å²) in [4.78, 5) is 0. The van der Waals surface area contributed by atoms with Crippen LogP contribution in [0.25, 0.3) is 11.3 Å². The second kappa shape index (κ2) is 5.15. The van der Waals surface area contributed by atoms with E-state index >= 15 is 0 Å². The minimum atomic E-state index is 0.198. The summed E-state index contributed by atoms with van der Waals surface area (Å²) < 4.78 is 2.01. The fraction of sp³-hybridized carbons (Fsp3) is 0.357. The molecule has 0 unspecified atom stereocenters. The molecule has 0 saturated carbocycles. The van der Waals surface area contributed by atoms with Gasteiger partial charge in [0.2, 0.25) is 0 Å². The third kappa shape index (κ3) is 2.56. The summed E-state index contributed by atoms with van der Waals surface area (Å²) in [5.41, 5.74) is 3.46. The number of aliphatic hydroxyl groups is 1. The number of hydrogen-bond donors (Lipinski definition) is 1. The van der Waals surface area contributed by atoms with E-state index in [1.807, 2.05) is 16.9 Å². The van der Waals surface area contributed by atoms with E-state index in [9.17, 15) is 0 Å². The normalized spacial score (nSPS) is 11.1. The van der Waals surface area contributed by atoms with Gasteiger partial charge in [-0.15, -0.1) is 0 Å². The molecule has 0 aliphatic carbocycles. The fourth-order valence-electron chi connectivity index (χ4n) is 1.93. The summed E-state index contributed by atoms with van der Waals surface area (Å²) in [6.45, 7) is 4.44. The quantitative estimate of drug-likeness (QED) is 0.877. The molecule has 1 aromatic carbocycles. The van der Waals surface area contributed by atoms with Crippen LogP contribution in [0.1, 0.15) is 25.5 Å². The van der Waals surface area contributed by atoms with E-state index in [1.165, 1.54) is 0 Å². The lowest BCUT2D eigenvalue weighted by Crippen LogP contribution is -2.04. The molecule has 1 aromatic heterocycles. The monoisotopic (exact) mass is 230 g/mol. The van der Waals surface area contributed by atoms with Crippen LogP contribution in [0, 0.1) is 0 Å². The van der Waals surface area contributed by atoms with Gasteiger partial charge in [-0.1, -0.05) is 24.3 Å². The summed E-state index contributed by atoms with van der Waals surface area (Å²) >= 11 is 0. The molecule has 2 aromatic rings. The van der Waals surface area contributed by atoms with Crippen molar-refractivity contribution in [2.75, 3.05) is 6.61 Å². The molecular formula is C14H18N2O. The molecule has 17 heavy (non-hydrogen) atoms. The molecule has 0 amide bonds. The molecule has 0 fully saturated rings. The van der Waals surface area contributed by atoms with E-state index in [0.29, 0.717) is 12.5 Å². The molecule has 90 valence electrons. The van der Waals surface area contributed by atoms with E-state index in [-0.39, 0.29) is 6.61 Å². The number of benzene rings is 1. The maximum Gasteiger partial charge on any atom is 0.0685 e. The lowest BCUT2D eigenvalue weighted by atomic mass is 10.1. The molecule has 0 aliphatic heterocycles. The molecule has 0 spiro atoms. The lowest BCUT2D eigenvalue weighted by molar-refractivity contribution is 0.299. The zero-order valence-electron chi connectivity index (χ0n) is 10.3. The van der Waals surface area contributed by atoms with Gasteiger partial charge in [0.05, 0.1) is 5.69 Å². The van der Waals surface area contributed by atoms with Crippen molar-refractivity contribution in [1.82, 2.24) is 9.78 Å². The van der Waals surface area contributed by atoms with Gasteiger partial charge in [0.25, 0.3) is 0 Å². The molecular weight excluding hydrogens is 212 g/mol. The van der Waals surface area contributed by atoms with E-state index in [0.717, 1.165) is 16.8 Å². The first-order chi connectivity index (χ1) is 8.22. The molecule has 0 atom stereocenters. The Labute approximate surface area is 102 Å². The number of aliphatic hydroxyl groups excluding tert-OH is 1. The molecule has 2 rings (SSSR count). The highest BCUT2D eigenvalue weighted by Crippen LogP contribution is 2.22. The van der Waals surface area contributed by atoms with Crippen LogP contribution >= 0.6 is 0 Å². The van der Waals surface area contributed by atoms with Crippen LogP contribution in [-0.2, 0) is 6.42 Å². The fourth-order valence-corrected chi connectivity index (χ4v) is 1.93. The first kappa shape index (κ1) is 11.9. The summed E-state index contributed by atoms with van der Waals surface area (Å²) in [6, 6.07) is 10.7. The maximum absolute atomic E-state index is 8.88. The number of aromatic nitrogens is 2. The molecule has 0 radical (unpaired) electrons. The smallest absolute Gasteiger partial charge is 0.0685 e. The average Bonchev–Trinajstić information content (AvgIpc) is 2.79. The Kier molecular flexibility index (Phi) is 3.59. The van der Waals surface area contributed by atoms with Crippen LogP contribution in [0.4, 0.5) is 0 Å². The van der Waals surface area contributed by atoms with Gasteiger partial charge in [-0.25, -0.2) is 0 Å². The minimum absolute atomic E-state index is 0.198.